The van der Waals surface area contributed by atoms with Crippen LogP contribution in [-0.4, -0.2) is 11.1 Å². The van der Waals surface area contributed by atoms with Gasteiger partial charge in [0.1, 0.15) is 17.1 Å². The molecule has 21 heavy (non-hydrogen) atoms. The Bertz CT molecular complexity index is 827. The van der Waals surface area contributed by atoms with E-state index in [0.717, 1.165) is 10.8 Å². The number of carbonyl (C=O) groups is 1. The Labute approximate surface area is 129 Å². The van der Waals surface area contributed by atoms with E-state index in [1.807, 2.05) is 42.5 Å². The standard InChI is InChI=1S/C17H11BrO3/c18-14-6-3-7-15(16(14)17(19)20)21-13-9-8-11-4-1-2-5-12(11)10-13/h1-10H,(H,19,20). The van der Waals surface area contributed by atoms with Crippen LogP contribution in [0.5, 0.6) is 11.5 Å². The molecule has 0 spiro atoms. The number of benzene rings is 3. The van der Waals surface area contributed by atoms with E-state index in [1.165, 1.54) is 0 Å². The molecule has 0 heterocycles. The van der Waals surface area contributed by atoms with E-state index in [-0.39, 0.29) is 5.56 Å². The Morgan fingerprint density at radius 1 is 0.952 bits per heavy atom. The van der Waals surface area contributed by atoms with E-state index in [0.29, 0.717) is 16.0 Å². The molecule has 4 heteroatoms. The highest BCUT2D eigenvalue weighted by Crippen LogP contribution is 2.32. The summed E-state index contributed by atoms with van der Waals surface area (Å²) in [4.78, 5) is 11.3. The number of fused-ring (bicyclic) bond motifs is 1. The summed E-state index contributed by atoms with van der Waals surface area (Å²) in [6.07, 6.45) is 0. The van der Waals surface area contributed by atoms with E-state index in [9.17, 15) is 9.90 Å². The molecule has 3 nitrogen and oxygen atoms in total. The lowest BCUT2D eigenvalue weighted by Gasteiger charge is -2.10. The van der Waals surface area contributed by atoms with Gasteiger partial charge >= 0.3 is 5.97 Å². The van der Waals surface area contributed by atoms with Gasteiger partial charge in [-0.15, -0.1) is 0 Å². The second-order valence-electron chi connectivity index (χ2n) is 4.53. The predicted octanol–water partition coefficient (Wildman–Crippen LogP) is 5.09. The minimum atomic E-state index is -1.03. The van der Waals surface area contributed by atoms with Gasteiger partial charge in [-0.3, -0.25) is 0 Å². The number of halogens is 1. The summed E-state index contributed by atoms with van der Waals surface area (Å²) in [7, 11) is 0. The van der Waals surface area contributed by atoms with E-state index in [4.69, 9.17) is 4.74 Å². The van der Waals surface area contributed by atoms with Crippen LogP contribution in [0.2, 0.25) is 0 Å². The highest BCUT2D eigenvalue weighted by molar-refractivity contribution is 9.10. The molecule has 0 bridgehead atoms. The molecule has 0 saturated heterocycles. The fourth-order valence-electron chi connectivity index (χ4n) is 2.15. The third-order valence-corrected chi connectivity index (χ3v) is 3.80. The molecule has 3 aromatic carbocycles. The minimum Gasteiger partial charge on any atom is -0.478 e. The number of ether oxygens (including phenoxy) is 1. The van der Waals surface area contributed by atoms with E-state index >= 15 is 0 Å². The van der Waals surface area contributed by atoms with Crippen molar-refractivity contribution < 1.29 is 14.6 Å². The smallest absolute Gasteiger partial charge is 0.340 e. The molecule has 0 fully saturated rings. The molecule has 0 aromatic heterocycles. The second kappa shape index (κ2) is 5.58. The Kier molecular flexibility index (Phi) is 3.62. The van der Waals surface area contributed by atoms with Crippen molar-refractivity contribution in [3.63, 3.8) is 0 Å². The van der Waals surface area contributed by atoms with E-state index < -0.39 is 5.97 Å². The largest absolute Gasteiger partial charge is 0.478 e. The van der Waals surface area contributed by atoms with Gasteiger partial charge in [0.2, 0.25) is 0 Å². The molecule has 0 unspecified atom stereocenters. The number of carboxylic acids is 1. The van der Waals surface area contributed by atoms with Crippen LogP contribution in [0.3, 0.4) is 0 Å². The summed E-state index contributed by atoms with van der Waals surface area (Å²) in [6.45, 7) is 0. The molecule has 3 aromatic rings. The van der Waals surface area contributed by atoms with Gasteiger partial charge in [0.25, 0.3) is 0 Å². The van der Waals surface area contributed by atoms with Crippen LogP contribution in [0.15, 0.2) is 65.1 Å². The first kappa shape index (κ1) is 13.6. The number of aromatic carboxylic acids is 1. The zero-order chi connectivity index (χ0) is 14.8. The van der Waals surface area contributed by atoms with Crippen LogP contribution in [0, 0.1) is 0 Å². The third-order valence-electron chi connectivity index (χ3n) is 3.14. The molecule has 104 valence electrons. The van der Waals surface area contributed by atoms with Gasteiger partial charge in [-0.2, -0.15) is 0 Å². The maximum absolute atomic E-state index is 11.3. The average Bonchev–Trinajstić information content (AvgIpc) is 2.47. The summed E-state index contributed by atoms with van der Waals surface area (Å²) in [5, 5.41) is 11.4. The topological polar surface area (TPSA) is 46.5 Å². The first-order valence-corrected chi connectivity index (χ1v) is 7.13. The van der Waals surface area contributed by atoms with Crippen LogP contribution in [0.1, 0.15) is 10.4 Å². The first-order valence-electron chi connectivity index (χ1n) is 6.33. The molecule has 3 rings (SSSR count). The third kappa shape index (κ3) is 2.76. The Balaban J connectivity index is 2.02. The van der Waals surface area contributed by atoms with E-state index in [2.05, 4.69) is 15.9 Å². The summed E-state index contributed by atoms with van der Waals surface area (Å²) in [5.74, 6) is -0.111. The van der Waals surface area contributed by atoms with Gasteiger partial charge in [0.05, 0.1) is 0 Å². The van der Waals surface area contributed by atoms with Crippen molar-refractivity contribution in [2.75, 3.05) is 0 Å². The van der Waals surface area contributed by atoms with Gasteiger partial charge < -0.3 is 9.84 Å². The second-order valence-corrected chi connectivity index (χ2v) is 5.38. The number of rotatable bonds is 3. The van der Waals surface area contributed by atoms with Crippen LogP contribution < -0.4 is 4.74 Å². The molecule has 0 aliphatic rings. The summed E-state index contributed by atoms with van der Waals surface area (Å²) in [5.41, 5.74) is 0.116. The average molecular weight is 343 g/mol. The molecule has 0 aliphatic carbocycles. The highest BCUT2D eigenvalue weighted by atomic mass is 79.9. The molecule has 0 aliphatic heterocycles. The number of hydrogen-bond acceptors (Lipinski definition) is 2. The van der Waals surface area contributed by atoms with Crippen LogP contribution in [-0.2, 0) is 0 Å². The molecule has 0 amide bonds. The van der Waals surface area contributed by atoms with Crippen molar-refractivity contribution in [1.82, 2.24) is 0 Å². The Hall–Kier alpha value is -2.33. The summed E-state index contributed by atoms with van der Waals surface area (Å²) in [6, 6.07) is 18.7. The summed E-state index contributed by atoms with van der Waals surface area (Å²) < 4.78 is 6.24. The molecule has 1 N–H and O–H groups in total. The van der Waals surface area contributed by atoms with Gasteiger partial charge in [-0.05, 0) is 51.0 Å². The Morgan fingerprint density at radius 3 is 2.48 bits per heavy atom. The minimum absolute atomic E-state index is 0.116. The summed E-state index contributed by atoms with van der Waals surface area (Å²) >= 11 is 3.24. The van der Waals surface area contributed by atoms with E-state index in [1.54, 1.807) is 18.2 Å². The van der Waals surface area contributed by atoms with Crippen LogP contribution >= 0.6 is 15.9 Å². The fourth-order valence-corrected chi connectivity index (χ4v) is 2.67. The number of carboxylic acid groups (broad SMARTS) is 1. The Morgan fingerprint density at radius 2 is 1.71 bits per heavy atom. The lowest BCUT2D eigenvalue weighted by atomic mass is 10.1. The highest BCUT2D eigenvalue weighted by Gasteiger charge is 2.15. The normalized spacial score (nSPS) is 10.5. The molecular formula is C17H11BrO3. The van der Waals surface area contributed by atoms with Gasteiger partial charge in [-0.25, -0.2) is 4.79 Å². The lowest BCUT2D eigenvalue weighted by Crippen LogP contribution is -2.01. The van der Waals surface area contributed by atoms with Crippen molar-refractivity contribution >= 4 is 32.7 Å². The predicted molar refractivity (Wildman–Crippen MR) is 85.1 cm³/mol. The molecule has 0 saturated carbocycles. The molecule has 0 radical (unpaired) electrons. The zero-order valence-corrected chi connectivity index (χ0v) is 12.5. The number of hydrogen-bond donors (Lipinski definition) is 1. The SMILES string of the molecule is O=C(O)c1c(Br)cccc1Oc1ccc2ccccc2c1. The zero-order valence-electron chi connectivity index (χ0n) is 10.9. The first-order chi connectivity index (χ1) is 10.1. The van der Waals surface area contributed by atoms with Crippen molar-refractivity contribution in [2.24, 2.45) is 0 Å². The quantitative estimate of drug-likeness (QED) is 0.720. The van der Waals surface area contributed by atoms with Crippen molar-refractivity contribution in [3.05, 3.63) is 70.7 Å². The van der Waals surface area contributed by atoms with Crippen molar-refractivity contribution in [3.8, 4) is 11.5 Å². The molecular weight excluding hydrogens is 332 g/mol. The maximum atomic E-state index is 11.3. The van der Waals surface area contributed by atoms with Crippen molar-refractivity contribution in [1.29, 1.82) is 0 Å². The fraction of sp³-hybridized carbons (Fsp3) is 0. The van der Waals surface area contributed by atoms with Gasteiger partial charge in [0, 0.05) is 4.47 Å². The maximum Gasteiger partial charge on any atom is 0.340 e. The molecule has 0 atom stereocenters. The van der Waals surface area contributed by atoms with Gasteiger partial charge in [-0.1, -0.05) is 36.4 Å². The monoisotopic (exact) mass is 342 g/mol. The van der Waals surface area contributed by atoms with Crippen molar-refractivity contribution in [2.45, 2.75) is 0 Å². The van der Waals surface area contributed by atoms with Crippen LogP contribution in [0.25, 0.3) is 10.8 Å². The van der Waals surface area contributed by atoms with Gasteiger partial charge in [0.15, 0.2) is 0 Å². The lowest BCUT2D eigenvalue weighted by molar-refractivity contribution is 0.0693. The van der Waals surface area contributed by atoms with Crippen LogP contribution in [0.4, 0.5) is 0 Å².